The molecule has 0 saturated carbocycles. The van der Waals surface area contributed by atoms with E-state index in [-0.39, 0.29) is 23.9 Å². The minimum atomic E-state index is -3.02. The monoisotopic (exact) mass is 351 g/mol. The van der Waals surface area contributed by atoms with Gasteiger partial charge in [-0.1, -0.05) is 30.0 Å². The summed E-state index contributed by atoms with van der Waals surface area (Å²) in [4.78, 5) is 21.5. The molecule has 1 amide bonds. The molecule has 1 aromatic heterocycles. The van der Waals surface area contributed by atoms with Gasteiger partial charge in [0.05, 0.1) is 5.75 Å². The normalized spacial score (nSPS) is 11.2. The topological polar surface area (TPSA) is 89.0 Å². The Hall–Kier alpha value is -1.93. The van der Waals surface area contributed by atoms with Crippen LogP contribution in [0.4, 0.5) is 0 Å². The number of aromatic nitrogens is 2. The Labute approximate surface area is 139 Å². The molecule has 6 nitrogen and oxygen atoms in total. The van der Waals surface area contributed by atoms with Gasteiger partial charge in [-0.15, -0.1) is 0 Å². The van der Waals surface area contributed by atoms with Gasteiger partial charge >= 0.3 is 0 Å². The number of benzene rings is 1. The molecule has 1 heterocycles. The first-order valence-electron chi connectivity index (χ1n) is 6.95. The molecule has 0 bridgehead atoms. The highest BCUT2D eigenvalue weighted by molar-refractivity contribution is 7.99. The molecule has 0 aliphatic carbocycles. The average Bonchev–Trinajstić information content (AvgIpc) is 2.52. The minimum absolute atomic E-state index is 0.0410. The van der Waals surface area contributed by atoms with Crippen molar-refractivity contribution in [3.63, 3.8) is 0 Å². The first-order chi connectivity index (χ1) is 11.0. The lowest BCUT2D eigenvalue weighted by Crippen LogP contribution is -2.27. The lowest BCUT2D eigenvalue weighted by Gasteiger charge is -2.08. The number of rotatable bonds is 7. The van der Waals surface area contributed by atoms with Crippen molar-refractivity contribution < 1.29 is 13.2 Å². The number of sulfone groups is 1. The molecule has 0 fully saturated rings. The molecule has 0 atom stereocenters. The number of hydrogen-bond donors (Lipinski definition) is 1. The predicted octanol–water partition coefficient (Wildman–Crippen LogP) is 1.79. The summed E-state index contributed by atoms with van der Waals surface area (Å²) in [5, 5.41) is 3.19. The van der Waals surface area contributed by atoms with Gasteiger partial charge < -0.3 is 5.32 Å². The summed E-state index contributed by atoms with van der Waals surface area (Å²) in [6.45, 7) is 0.276. The second kappa shape index (κ2) is 8.07. The molecule has 0 radical (unpaired) electrons. The molecule has 1 N–H and O–H groups in total. The van der Waals surface area contributed by atoms with Crippen LogP contribution in [0.2, 0.25) is 0 Å². The van der Waals surface area contributed by atoms with E-state index in [4.69, 9.17) is 0 Å². The summed E-state index contributed by atoms with van der Waals surface area (Å²) in [5.41, 5.74) is 0.237. The van der Waals surface area contributed by atoms with Crippen molar-refractivity contribution in [3.05, 3.63) is 48.4 Å². The summed E-state index contributed by atoms with van der Waals surface area (Å²) < 4.78 is 22.1. The van der Waals surface area contributed by atoms with Gasteiger partial charge in [0.1, 0.15) is 14.9 Å². The molecule has 0 spiro atoms. The van der Waals surface area contributed by atoms with Crippen LogP contribution in [0.25, 0.3) is 0 Å². The highest BCUT2D eigenvalue weighted by Gasteiger charge is 2.15. The molecule has 8 heteroatoms. The fourth-order valence-electron chi connectivity index (χ4n) is 1.78. The van der Waals surface area contributed by atoms with Gasteiger partial charge in [0.25, 0.3) is 5.91 Å². The van der Waals surface area contributed by atoms with E-state index in [2.05, 4.69) is 15.3 Å². The van der Waals surface area contributed by atoms with Gasteiger partial charge in [0.2, 0.25) is 0 Å². The quantitative estimate of drug-likeness (QED) is 0.765. The fraction of sp³-hybridized carbons (Fsp3) is 0.267. The van der Waals surface area contributed by atoms with Crippen LogP contribution in [0.1, 0.15) is 16.9 Å². The third kappa shape index (κ3) is 5.99. The van der Waals surface area contributed by atoms with Crippen LogP contribution in [0.3, 0.4) is 0 Å². The summed E-state index contributed by atoms with van der Waals surface area (Å²) >= 11 is 1.36. The van der Waals surface area contributed by atoms with Crippen LogP contribution in [-0.4, -0.2) is 42.8 Å². The third-order valence-electron chi connectivity index (χ3n) is 2.81. The van der Waals surface area contributed by atoms with Gasteiger partial charge in [0, 0.05) is 30.1 Å². The van der Waals surface area contributed by atoms with Crippen LogP contribution < -0.4 is 5.32 Å². The zero-order chi connectivity index (χ0) is 16.7. The number of nitrogens with zero attached hydrogens (tertiary/aromatic N) is 2. The largest absolute Gasteiger partial charge is 0.351 e. The third-order valence-corrected chi connectivity index (χ3v) is 4.85. The van der Waals surface area contributed by atoms with Crippen molar-refractivity contribution in [3.8, 4) is 0 Å². The Kier molecular flexibility index (Phi) is 6.12. The van der Waals surface area contributed by atoms with E-state index in [1.807, 2.05) is 30.3 Å². The van der Waals surface area contributed by atoms with E-state index in [9.17, 15) is 13.2 Å². The minimum Gasteiger partial charge on any atom is -0.351 e. The Bertz CT molecular complexity index is 765. The molecular formula is C15H17N3O3S2. The van der Waals surface area contributed by atoms with Gasteiger partial charge in [-0.05, 0) is 18.6 Å². The van der Waals surface area contributed by atoms with E-state index in [0.29, 0.717) is 11.4 Å². The predicted molar refractivity (Wildman–Crippen MR) is 89.3 cm³/mol. The maximum absolute atomic E-state index is 12.2. The van der Waals surface area contributed by atoms with E-state index in [1.165, 1.54) is 30.4 Å². The van der Waals surface area contributed by atoms with Crippen molar-refractivity contribution in [2.24, 2.45) is 0 Å². The van der Waals surface area contributed by atoms with Crippen LogP contribution in [0.5, 0.6) is 0 Å². The summed E-state index contributed by atoms with van der Waals surface area (Å²) in [7, 11) is -3.02. The molecule has 0 aliphatic rings. The number of hydrogen-bond acceptors (Lipinski definition) is 6. The standard InChI is InChI=1S/C15H17N3O3S2/c1-23(20,21)11-5-8-17-14(19)13-15(18-10-9-16-13)22-12-6-3-2-4-7-12/h2-4,6-7,9-10H,5,8,11H2,1H3,(H,17,19). The zero-order valence-electron chi connectivity index (χ0n) is 12.6. The number of carbonyl (C=O) groups is 1. The molecule has 0 aliphatic heterocycles. The Morgan fingerprint density at radius 2 is 1.87 bits per heavy atom. The summed E-state index contributed by atoms with van der Waals surface area (Å²) in [6.07, 6.45) is 4.53. The Balaban J connectivity index is 2.00. The molecular weight excluding hydrogens is 334 g/mol. The van der Waals surface area contributed by atoms with Crippen molar-refractivity contribution in [2.45, 2.75) is 16.3 Å². The smallest absolute Gasteiger partial charge is 0.272 e. The Morgan fingerprint density at radius 3 is 2.57 bits per heavy atom. The van der Waals surface area contributed by atoms with Gasteiger partial charge in [0.15, 0.2) is 5.69 Å². The summed E-state index contributed by atoms with van der Waals surface area (Å²) in [6, 6.07) is 9.57. The first kappa shape index (κ1) is 17.4. The van der Waals surface area contributed by atoms with Crippen LogP contribution in [0.15, 0.2) is 52.6 Å². The molecule has 0 unspecified atom stereocenters. The molecule has 23 heavy (non-hydrogen) atoms. The van der Waals surface area contributed by atoms with Crippen LogP contribution in [0, 0.1) is 0 Å². The summed E-state index contributed by atoms with van der Waals surface area (Å²) in [5.74, 6) is -0.315. The zero-order valence-corrected chi connectivity index (χ0v) is 14.2. The molecule has 0 saturated heterocycles. The van der Waals surface area contributed by atoms with Crippen molar-refractivity contribution in [1.82, 2.24) is 15.3 Å². The highest BCUT2D eigenvalue weighted by atomic mass is 32.2. The van der Waals surface area contributed by atoms with Crippen molar-refractivity contribution in [1.29, 1.82) is 0 Å². The van der Waals surface area contributed by atoms with Crippen molar-refractivity contribution >= 4 is 27.5 Å². The van der Waals surface area contributed by atoms with E-state index in [0.717, 1.165) is 4.90 Å². The second-order valence-electron chi connectivity index (χ2n) is 4.86. The lowest BCUT2D eigenvalue weighted by atomic mass is 10.4. The Morgan fingerprint density at radius 1 is 1.17 bits per heavy atom. The van der Waals surface area contributed by atoms with E-state index >= 15 is 0 Å². The number of nitrogens with one attached hydrogen (secondary N) is 1. The van der Waals surface area contributed by atoms with Gasteiger partial charge in [-0.3, -0.25) is 4.79 Å². The van der Waals surface area contributed by atoms with E-state index < -0.39 is 9.84 Å². The van der Waals surface area contributed by atoms with Crippen molar-refractivity contribution in [2.75, 3.05) is 18.6 Å². The van der Waals surface area contributed by atoms with Crippen LogP contribution >= 0.6 is 11.8 Å². The lowest BCUT2D eigenvalue weighted by molar-refractivity contribution is 0.0944. The molecule has 2 rings (SSSR count). The van der Waals surface area contributed by atoms with Crippen LogP contribution in [-0.2, 0) is 9.84 Å². The average molecular weight is 351 g/mol. The molecule has 122 valence electrons. The second-order valence-corrected chi connectivity index (χ2v) is 8.19. The first-order valence-corrected chi connectivity index (χ1v) is 9.83. The van der Waals surface area contributed by atoms with Gasteiger partial charge in [-0.2, -0.15) is 0 Å². The number of carbonyl (C=O) groups excluding carboxylic acids is 1. The SMILES string of the molecule is CS(=O)(=O)CCCNC(=O)c1nccnc1Sc1ccccc1. The van der Waals surface area contributed by atoms with Gasteiger partial charge in [-0.25, -0.2) is 18.4 Å². The highest BCUT2D eigenvalue weighted by Crippen LogP contribution is 2.27. The molecule has 1 aromatic carbocycles. The molecule has 2 aromatic rings. The van der Waals surface area contributed by atoms with E-state index in [1.54, 1.807) is 0 Å². The fourth-order valence-corrected chi connectivity index (χ4v) is 3.32. The maximum atomic E-state index is 12.2. The number of amides is 1. The maximum Gasteiger partial charge on any atom is 0.272 e.